The highest BCUT2D eigenvalue weighted by molar-refractivity contribution is 6.30. The highest BCUT2D eigenvalue weighted by atomic mass is 16.5. The zero-order chi connectivity index (χ0) is 30.3. The summed E-state index contributed by atoms with van der Waals surface area (Å²) in [6.45, 7) is 1.82. The third kappa shape index (κ3) is 5.03. The van der Waals surface area contributed by atoms with Gasteiger partial charge in [-0.1, -0.05) is 18.2 Å². The van der Waals surface area contributed by atoms with Gasteiger partial charge in [-0.15, -0.1) is 0 Å². The largest absolute Gasteiger partial charge is 0.497 e. The van der Waals surface area contributed by atoms with Crippen LogP contribution in [0, 0.1) is 11.3 Å². The number of carbonyl (C=O) groups is 3. The van der Waals surface area contributed by atoms with Crippen molar-refractivity contribution in [2.24, 2.45) is 11.3 Å². The number of fused-ring (bicyclic) bond motifs is 4. The minimum atomic E-state index is -1.67. The fourth-order valence-corrected chi connectivity index (χ4v) is 6.84. The molecule has 11 nitrogen and oxygen atoms in total. The molecule has 2 fully saturated rings. The van der Waals surface area contributed by atoms with Crippen molar-refractivity contribution in [2.75, 3.05) is 45.9 Å². The zero-order valence-corrected chi connectivity index (χ0v) is 24.4. The number of carbonyl (C=O) groups excluding carboxylic acids is 3. The van der Waals surface area contributed by atoms with Crippen molar-refractivity contribution < 1.29 is 28.6 Å². The monoisotopic (exact) mass is 586 g/mol. The number of hydrogen-bond acceptors (Lipinski definition) is 8. The van der Waals surface area contributed by atoms with Crippen molar-refractivity contribution in [1.29, 1.82) is 0 Å². The van der Waals surface area contributed by atoms with Gasteiger partial charge in [-0.2, -0.15) is 0 Å². The molecule has 4 heterocycles. The first-order valence-electron chi connectivity index (χ1n) is 14.2. The summed E-state index contributed by atoms with van der Waals surface area (Å²) >= 11 is 0. The predicted octanol–water partition coefficient (Wildman–Crippen LogP) is 2.81. The summed E-state index contributed by atoms with van der Waals surface area (Å²) in [4.78, 5) is 57.6. The van der Waals surface area contributed by atoms with Gasteiger partial charge >= 0.3 is 6.03 Å². The van der Waals surface area contributed by atoms with Gasteiger partial charge in [0.05, 0.1) is 27.0 Å². The van der Waals surface area contributed by atoms with Crippen molar-refractivity contribution >= 4 is 23.5 Å². The lowest BCUT2D eigenvalue weighted by Gasteiger charge is -2.47. The molecule has 2 saturated heterocycles. The van der Waals surface area contributed by atoms with Crippen LogP contribution in [-0.2, 0) is 22.6 Å². The molecule has 3 aliphatic rings. The van der Waals surface area contributed by atoms with Crippen molar-refractivity contribution in [1.82, 2.24) is 14.8 Å². The number of urea groups is 1. The maximum absolute atomic E-state index is 14.6. The highest BCUT2D eigenvalue weighted by Crippen LogP contribution is 2.41. The van der Waals surface area contributed by atoms with E-state index in [-0.39, 0.29) is 30.4 Å². The van der Waals surface area contributed by atoms with Crippen molar-refractivity contribution in [3.05, 3.63) is 82.3 Å². The number of aromatic nitrogens is 1. The number of nitrogens with zero attached hydrogens (tertiary/aromatic N) is 3. The predicted molar refractivity (Wildman–Crippen MR) is 158 cm³/mol. The number of pyridine rings is 1. The summed E-state index contributed by atoms with van der Waals surface area (Å²) in [5.74, 6) is 0.471. The number of rotatable bonds is 8. The van der Waals surface area contributed by atoms with E-state index in [0.29, 0.717) is 48.1 Å². The van der Waals surface area contributed by atoms with E-state index in [2.05, 4.69) is 10.2 Å². The summed E-state index contributed by atoms with van der Waals surface area (Å²) in [5.41, 5.74) is 0.205. The van der Waals surface area contributed by atoms with Crippen LogP contribution >= 0.6 is 0 Å². The molecule has 3 atom stereocenters. The van der Waals surface area contributed by atoms with E-state index in [0.717, 1.165) is 17.0 Å². The van der Waals surface area contributed by atoms with Crippen molar-refractivity contribution in [3.63, 3.8) is 0 Å². The molecule has 6 rings (SSSR count). The van der Waals surface area contributed by atoms with E-state index in [4.69, 9.17) is 14.2 Å². The van der Waals surface area contributed by atoms with Gasteiger partial charge in [-0.05, 0) is 42.2 Å². The van der Waals surface area contributed by atoms with Gasteiger partial charge in [0, 0.05) is 62.4 Å². The molecule has 2 bridgehead atoms. The van der Waals surface area contributed by atoms with Crippen LogP contribution in [0.5, 0.6) is 17.2 Å². The molecular formula is C32H34N4O7. The van der Waals surface area contributed by atoms with Crippen LogP contribution in [0.2, 0.25) is 0 Å². The summed E-state index contributed by atoms with van der Waals surface area (Å²) in [7, 11) is 4.57. The number of anilines is 1. The normalized spacial score (nSPS) is 23.4. The topological polar surface area (TPSA) is 119 Å². The Morgan fingerprint density at radius 1 is 0.860 bits per heavy atom. The van der Waals surface area contributed by atoms with E-state index in [1.807, 2.05) is 10.6 Å². The molecule has 3 aromatic rings. The lowest BCUT2D eigenvalue weighted by molar-refractivity contribution is -0.144. The maximum atomic E-state index is 14.6. The van der Waals surface area contributed by atoms with Crippen LogP contribution in [-0.4, -0.2) is 68.3 Å². The first-order valence-corrected chi connectivity index (χ1v) is 14.2. The molecule has 43 heavy (non-hydrogen) atoms. The smallest absolute Gasteiger partial charge is 0.335 e. The van der Waals surface area contributed by atoms with Crippen molar-refractivity contribution in [3.8, 4) is 17.2 Å². The summed E-state index contributed by atoms with van der Waals surface area (Å²) in [6.07, 6.45) is 0.911. The molecule has 0 aliphatic carbocycles. The average Bonchev–Trinajstić information content (AvgIpc) is 3.01. The second-order valence-electron chi connectivity index (χ2n) is 11.4. The molecule has 4 amide bonds. The van der Waals surface area contributed by atoms with Gasteiger partial charge in [0.1, 0.15) is 22.7 Å². The number of ether oxygens (including phenoxy) is 3. The summed E-state index contributed by atoms with van der Waals surface area (Å²) in [5, 5.41) is 2.48. The first kappa shape index (κ1) is 28.5. The van der Waals surface area contributed by atoms with Crippen LogP contribution in [0.3, 0.4) is 0 Å². The van der Waals surface area contributed by atoms with Crippen molar-refractivity contribution in [2.45, 2.75) is 25.3 Å². The molecular weight excluding hydrogens is 552 g/mol. The molecule has 0 unspecified atom stereocenters. The molecule has 0 spiro atoms. The number of amides is 4. The maximum Gasteiger partial charge on any atom is 0.335 e. The number of imide groups is 2. The molecule has 1 N–H and O–H groups in total. The molecule has 2 aromatic carbocycles. The molecule has 1 aromatic heterocycles. The fraction of sp³-hybridized carbons (Fsp3) is 0.375. The van der Waals surface area contributed by atoms with Crippen LogP contribution in [0.25, 0.3) is 0 Å². The number of benzene rings is 2. The highest BCUT2D eigenvalue weighted by Gasteiger charge is 2.56. The van der Waals surface area contributed by atoms with Gasteiger partial charge in [0.25, 0.3) is 11.5 Å². The Labute approximate surface area is 248 Å². The SMILES string of the molecule is COc1cccc(N2C(=O)NC(=O)[C@](Cc3ccc(OC)cc3OC)(CN3C[C@@H]4C[C@H](C3)c3cccc(=O)n3C4)C2=O)c1. The number of methoxy groups -OCH3 is 3. The second-order valence-corrected chi connectivity index (χ2v) is 11.4. The molecule has 3 aliphatic heterocycles. The number of hydrogen-bond donors (Lipinski definition) is 1. The lowest BCUT2D eigenvalue weighted by atomic mass is 9.75. The zero-order valence-electron chi connectivity index (χ0n) is 24.4. The van der Waals surface area contributed by atoms with Gasteiger partial charge in [-0.3, -0.25) is 19.7 Å². The molecule has 0 radical (unpaired) electrons. The number of likely N-dealkylation sites (tertiary alicyclic amines) is 1. The molecule has 11 heteroatoms. The third-order valence-electron chi connectivity index (χ3n) is 8.82. The Kier molecular flexibility index (Phi) is 7.43. The Morgan fingerprint density at radius 3 is 2.40 bits per heavy atom. The van der Waals surface area contributed by atoms with Crippen LogP contribution < -0.4 is 30.0 Å². The van der Waals surface area contributed by atoms with Gasteiger partial charge in [-0.25, -0.2) is 9.69 Å². The number of barbiturate groups is 1. The Morgan fingerprint density at radius 2 is 1.63 bits per heavy atom. The number of piperidine rings is 1. The molecule has 0 saturated carbocycles. The van der Waals surface area contributed by atoms with Gasteiger partial charge < -0.3 is 23.7 Å². The van der Waals surface area contributed by atoms with Gasteiger partial charge in [0.2, 0.25) is 5.91 Å². The Hall–Kier alpha value is -4.64. The van der Waals surface area contributed by atoms with E-state index >= 15 is 0 Å². The number of nitrogens with one attached hydrogen (secondary N) is 1. The van der Waals surface area contributed by atoms with E-state index in [1.165, 1.54) is 14.2 Å². The average molecular weight is 587 g/mol. The minimum Gasteiger partial charge on any atom is -0.497 e. The van der Waals surface area contributed by atoms with Crippen LogP contribution in [0.1, 0.15) is 23.6 Å². The lowest BCUT2D eigenvalue weighted by Crippen LogP contribution is -2.68. The van der Waals surface area contributed by atoms with Gasteiger partial charge in [0.15, 0.2) is 0 Å². The summed E-state index contributed by atoms with van der Waals surface area (Å²) < 4.78 is 18.2. The Balaban J connectivity index is 1.41. The third-order valence-corrected chi connectivity index (χ3v) is 8.82. The van der Waals surface area contributed by atoms with E-state index in [1.54, 1.807) is 61.7 Å². The fourth-order valence-electron chi connectivity index (χ4n) is 6.84. The summed E-state index contributed by atoms with van der Waals surface area (Å²) in [6, 6.07) is 16.4. The minimum absolute atomic E-state index is 0.0134. The van der Waals surface area contributed by atoms with E-state index < -0.39 is 23.3 Å². The quantitative estimate of drug-likeness (QED) is 0.401. The van der Waals surface area contributed by atoms with Crippen LogP contribution in [0.15, 0.2) is 65.5 Å². The second kappa shape index (κ2) is 11.2. The van der Waals surface area contributed by atoms with Crippen LogP contribution in [0.4, 0.5) is 10.5 Å². The first-order chi connectivity index (χ1) is 20.8. The standard InChI is InChI=1S/C32H34N4O7/c1-41-24-7-4-6-23(13-24)36-30(39)32(29(38)33-31(36)40,15-21-10-11-25(42-2)14-27(21)43-3)19-34-16-20-12-22(18-34)26-8-5-9-28(37)35(26)17-20/h4-11,13-14,20,22H,12,15-19H2,1-3H3,(H,33,38,40)/t20-,22+,32-/m0/s1. The van der Waals surface area contributed by atoms with E-state index in [9.17, 15) is 19.2 Å². The molecule has 224 valence electrons. The Bertz CT molecular complexity index is 1650.